The van der Waals surface area contributed by atoms with Crippen molar-refractivity contribution in [3.05, 3.63) is 41.5 Å². The number of alkyl halides is 3. The number of benzene rings is 1. The Bertz CT molecular complexity index is 1280. The Morgan fingerprint density at radius 2 is 1.65 bits per heavy atom. The SMILES string of the molecule is C1CC1CC1CC1.CC(C(=O)N(C)CC(F)(F)F)c1cc(F)c(NC(=O)CNC(=O)c2ccnn2C(C)C)cc1N(C)C. The largest absolute Gasteiger partial charge is 0.406 e. The molecule has 2 fully saturated rings. The summed E-state index contributed by atoms with van der Waals surface area (Å²) in [6.07, 6.45) is 4.68. The van der Waals surface area contributed by atoms with Crippen LogP contribution in [0.15, 0.2) is 24.4 Å². The zero-order valence-corrected chi connectivity index (χ0v) is 25.6. The Morgan fingerprint density at radius 1 is 1.05 bits per heavy atom. The number of anilines is 2. The highest BCUT2D eigenvalue weighted by molar-refractivity contribution is 5.99. The van der Waals surface area contributed by atoms with Crippen molar-refractivity contribution in [1.82, 2.24) is 20.0 Å². The first-order valence-electron chi connectivity index (χ1n) is 14.5. The molecule has 1 aromatic carbocycles. The van der Waals surface area contributed by atoms with Crippen molar-refractivity contribution in [3.8, 4) is 0 Å². The lowest BCUT2D eigenvalue weighted by Crippen LogP contribution is -2.38. The number of amides is 3. The van der Waals surface area contributed by atoms with Gasteiger partial charge in [-0.15, -0.1) is 0 Å². The highest BCUT2D eigenvalue weighted by atomic mass is 19.4. The number of hydrogen-bond acceptors (Lipinski definition) is 5. The molecule has 43 heavy (non-hydrogen) atoms. The third-order valence-electron chi connectivity index (χ3n) is 7.36. The molecule has 0 spiro atoms. The van der Waals surface area contributed by atoms with Crippen LogP contribution < -0.4 is 15.5 Å². The summed E-state index contributed by atoms with van der Waals surface area (Å²) in [6.45, 7) is 3.18. The topological polar surface area (TPSA) is 99.6 Å². The molecule has 238 valence electrons. The summed E-state index contributed by atoms with van der Waals surface area (Å²) < 4.78 is 54.4. The highest BCUT2D eigenvalue weighted by Crippen LogP contribution is 2.44. The fourth-order valence-electron chi connectivity index (χ4n) is 4.75. The molecule has 3 amide bonds. The molecule has 13 heteroatoms. The van der Waals surface area contributed by atoms with Crippen LogP contribution in [0.1, 0.15) is 80.9 Å². The van der Waals surface area contributed by atoms with E-state index in [4.69, 9.17) is 0 Å². The van der Waals surface area contributed by atoms with Gasteiger partial charge >= 0.3 is 6.18 Å². The van der Waals surface area contributed by atoms with E-state index >= 15 is 0 Å². The van der Waals surface area contributed by atoms with Gasteiger partial charge in [0.25, 0.3) is 5.91 Å². The van der Waals surface area contributed by atoms with E-state index in [1.165, 1.54) is 41.8 Å². The Balaban J connectivity index is 0.000000620. The van der Waals surface area contributed by atoms with Gasteiger partial charge in [-0.05, 0) is 62.8 Å². The molecule has 4 rings (SSSR count). The van der Waals surface area contributed by atoms with Crippen molar-refractivity contribution < 1.29 is 31.9 Å². The van der Waals surface area contributed by atoms with Gasteiger partial charge in [-0.1, -0.05) is 25.7 Å². The summed E-state index contributed by atoms with van der Waals surface area (Å²) in [5, 5.41) is 8.87. The number of nitrogens with zero attached hydrogens (tertiary/aromatic N) is 4. The fourth-order valence-corrected chi connectivity index (χ4v) is 4.75. The van der Waals surface area contributed by atoms with Gasteiger partial charge in [0, 0.05) is 39.1 Å². The number of hydrogen-bond donors (Lipinski definition) is 2. The van der Waals surface area contributed by atoms with Crippen LogP contribution in [0.25, 0.3) is 0 Å². The molecule has 2 aromatic rings. The number of nitrogens with one attached hydrogen (secondary N) is 2. The second-order valence-corrected chi connectivity index (χ2v) is 11.9. The molecule has 1 heterocycles. The van der Waals surface area contributed by atoms with Crippen LogP contribution in [0.2, 0.25) is 0 Å². The first-order chi connectivity index (χ1) is 20.1. The van der Waals surface area contributed by atoms with Gasteiger partial charge in [0.05, 0.1) is 18.2 Å². The predicted octanol–water partition coefficient (Wildman–Crippen LogP) is 5.36. The third-order valence-corrected chi connectivity index (χ3v) is 7.36. The molecule has 0 aliphatic heterocycles. The summed E-state index contributed by atoms with van der Waals surface area (Å²) in [5.41, 5.74) is 0.539. The summed E-state index contributed by atoms with van der Waals surface area (Å²) in [7, 11) is 4.24. The number of carbonyl (C=O) groups is 3. The van der Waals surface area contributed by atoms with Crippen LogP contribution in [-0.4, -0.2) is 72.8 Å². The van der Waals surface area contributed by atoms with Crippen molar-refractivity contribution >= 4 is 29.1 Å². The molecule has 2 aliphatic carbocycles. The van der Waals surface area contributed by atoms with Crippen LogP contribution in [0.3, 0.4) is 0 Å². The van der Waals surface area contributed by atoms with E-state index in [-0.39, 0.29) is 23.0 Å². The quantitative estimate of drug-likeness (QED) is 0.334. The highest BCUT2D eigenvalue weighted by Gasteiger charge is 2.34. The molecule has 0 saturated heterocycles. The maximum atomic E-state index is 14.9. The first-order valence-corrected chi connectivity index (χ1v) is 14.5. The van der Waals surface area contributed by atoms with E-state index in [0.29, 0.717) is 10.6 Å². The molecule has 1 unspecified atom stereocenters. The fraction of sp³-hybridized carbons (Fsp3) is 0.600. The van der Waals surface area contributed by atoms with E-state index in [9.17, 15) is 31.9 Å². The minimum Gasteiger partial charge on any atom is -0.377 e. The molecule has 1 aromatic heterocycles. The van der Waals surface area contributed by atoms with Gasteiger partial charge in [-0.3, -0.25) is 19.1 Å². The average Bonchev–Trinajstić information content (AvgIpc) is 3.86. The number of likely N-dealkylation sites (N-methyl/N-ethyl adjacent to an activating group) is 1. The molecular weight excluding hydrogens is 568 g/mol. The zero-order chi connectivity index (χ0) is 32.1. The molecule has 1 atom stereocenters. The van der Waals surface area contributed by atoms with Gasteiger partial charge in [-0.25, -0.2) is 4.39 Å². The monoisotopic (exact) mass is 610 g/mol. The van der Waals surface area contributed by atoms with E-state index in [1.54, 1.807) is 51.1 Å². The van der Waals surface area contributed by atoms with Gasteiger partial charge in [-0.2, -0.15) is 18.3 Å². The molecule has 0 bridgehead atoms. The smallest absolute Gasteiger partial charge is 0.377 e. The van der Waals surface area contributed by atoms with Gasteiger partial charge in [0.2, 0.25) is 11.8 Å². The number of halogens is 4. The minimum atomic E-state index is -4.57. The van der Waals surface area contributed by atoms with Crippen molar-refractivity contribution in [1.29, 1.82) is 0 Å². The van der Waals surface area contributed by atoms with Crippen molar-refractivity contribution in [3.63, 3.8) is 0 Å². The Morgan fingerprint density at radius 3 is 2.16 bits per heavy atom. The maximum absolute atomic E-state index is 14.9. The molecule has 2 aliphatic rings. The number of rotatable bonds is 11. The lowest BCUT2D eigenvalue weighted by atomic mass is 9.96. The summed E-state index contributed by atoms with van der Waals surface area (Å²) in [6, 6.07) is 3.72. The zero-order valence-electron chi connectivity index (χ0n) is 25.6. The van der Waals surface area contributed by atoms with Crippen LogP contribution in [0.5, 0.6) is 0 Å². The molecule has 2 N–H and O–H groups in total. The normalized spacial score (nSPS) is 15.3. The average molecular weight is 611 g/mol. The molecule has 0 radical (unpaired) electrons. The summed E-state index contributed by atoms with van der Waals surface area (Å²) >= 11 is 0. The van der Waals surface area contributed by atoms with Crippen LogP contribution >= 0.6 is 0 Å². The van der Waals surface area contributed by atoms with Gasteiger partial charge in [0.1, 0.15) is 18.1 Å². The summed E-state index contributed by atoms with van der Waals surface area (Å²) in [5.74, 6) is -1.67. The third kappa shape index (κ3) is 10.2. The van der Waals surface area contributed by atoms with Gasteiger partial charge in [0.15, 0.2) is 0 Å². The van der Waals surface area contributed by atoms with Crippen molar-refractivity contribution in [2.24, 2.45) is 11.8 Å². The van der Waals surface area contributed by atoms with Crippen molar-refractivity contribution in [2.45, 2.75) is 71.0 Å². The maximum Gasteiger partial charge on any atom is 0.406 e. The van der Waals surface area contributed by atoms with E-state index in [2.05, 4.69) is 15.7 Å². The Hall–Kier alpha value is -3.64. The second-order valence-electron chi connectivity index (χ2n) is 11.9. The first kappa shape index (κ1) is 33.9. The molecular formula is C30H42F4N6O3. The van der Waals surface area contributed by atoms with E-state index < -0.39 is 48.7 Å². The summed E-state index contributed by atoms with van der Waals surface area (Å²) in [4.78, 5) is 39.4. The van der Waals surface area contributed by atoms with Crippen LogP contribution in [0.4, 0.5) is 28.9 Å². The predicted molar refractivity (Wildman–Crippen MR) is 156 cm³/mol. The van der Waals surface area contributed by atoms with E-state index in [0.717, 1.165) is 13.1 Å². The standard InChI is InChI=1S/C23H30F4N6O3.C7H12/c1-13(2)33-18(7-8-29-33)21(35)28-11-20(34)30-17-10-19(31(4)5)15(9-16(17)24)14(3)22(36)32(6)12-23(25,26)27;1-2-6(1)5-7-3-4-7/h7-10,13-14H,11-12H2,1-6H3,(H,28,35)(H,30,34);6-7H,1-5H2. The lowest BCUT2D eigenvalue weighted by Gasteiger charge is -2.26. The molecule has 9 nitrogen and oxygen atoms in total. The van der Waals surface area contributed by atoms with Crippen LogP contribution in [0, 0.1) is 17.7 Å². The number of aromatic nitrogens is 2. The van der Waals surface area contributed by atoms with E-state index in [1.807, 2.05) is 13.8 Å². The second kappa shape index (κ2) is 14.2. The number of carbonyl (C=O) groups excluding carboxylic acids is 3. The lowest BCUT2D eigenvalue weighted by molar-refractivity contribution is -0.159. The Labute approximate surface area is 250 Å². The van der Waals surface area contributed by atoms with Crippen LogP contribution in [-0.2, 0) is 9.59 Å². The minimum absolute atomic E-state index is 0.0748. The van der Waals surface area contributed by atoms with Gasteiger partial charge < -0.3 is 20.4 Å². The molecule has 2 saturated carbocycles. The Kier molecular flexibility index (Phi) is 11.2. The van der Waals surface area contributed by atoms with Crippen molar-refractivity contribution in [2.75, 3.05) is 44.4 Å².